The minimum atomic E-state index is -1.21. The van der Waals surface area contributed by atoms with Crippen LogP contribution >= 0.6 is 11.8 Å². The van der Waals surface area contributed by atoms with Crippen LogP contribution in [0, 0.1) is 5.92 Å². The van der Waals surface area contributed by atoms with Crippen LogP contribution < -0.4 is 34.7 Å². The van der Waals surface area contributed by atoms with Gasteiger partial charge in [0.05, 0.1) is 35.5 Å². The minimum absolute atomic E-state index is 0. The normalized spacial score (nSPS) is 39.4. The van der Waals surface area contributed by atoms with E-state index in [1.807, 2.05) is 0 Å². The Labute approximate surface area is 149 Å². The van der Waals surface area contributed by atoms with E-state index in [9.17, 15) is 19.8 Å². The maximum Gasteiger partial charge on any atom is 1.00 e. The maximum absolute atomic E-state index is 12.0. The third kappa shape index (κ3) is 3.01. The van der Waals surface area contributed by atoms with Crippen LogP contribution in [0.5, 0.6) is 0 Å². The van der Waals surface area contributed by atoms with Crippen molar-refractivity contribution in [1.29, 1.82) is 0 Å². The number of hydrogen-bond donors (Lipinski definition) is 1. The van der Waals surface area contributed by atoms with Crippen molar-refractivity contribution in [2.75, 3.05) is 6.61 Å². The predicted octanol–water partition coefficient (Wildman–Crippen LogP) is -4.04. The minimum Gasteiger partial charge on any atom is -0.548 e. The van der Waals surface area contributed by atoms with Gasteiger partial charge >= 0.3 is 29.6 Å². The summed E-state index contributed by atoms with van der Waals surface area (Å²) in [7, 11) is 0. The molecular formula is C13H18NNaO5S. The molecule has 1 N–H and O–H groups in total. The molecule has 0 aromatic heterocycles. The van der Waals surface area contributed by atoms with Crippen LogP contribution in [0.25, 0.3) is 0 Å². The van der Waals surface area contributed by atoms with Gasteiger partial charge in [0, 0.05) is 11.9 Å². The van der Waals surface area contributed by atoms with E-state index in [0.29, 0.717) is 6.42 Å². The molecule has 6 atom stereocenters. The molecule has 3 aliphatic heterocycles. The zero-order valence-corrected chi connectivity index (χ0v) is 15.0. The van der Waals surface area contributed by atoms with Crippen molar-refractivity contribution in [3.05, 3.63) is 0 Å². The van der Waals surface area contributed by atoms with Crippen molar-refractivity contribution in [2.24, 2.45) is 5.92 Å². The van der Waals surface area contributed by atoms with Crippen LogP contribution in [0.15, 0.2) is 0 Å². The number of thioether (sulfide) groups is 1. The average Bonchev–Trinajstić information content (AvgIpc) is 2.95. The number of carboxylic acid groups (broad SMARTS) is 1. The average molecular weight is 323 g/mol. The number of nitrogens with zero attached hydrogens (tertiary/aromatic N) is 1. The van der Waals surface area contributed by atoms with E-state index in [0.717, 1.165) is 19.4 Å². The smallest absolute Gasteiger partial charge is 0.548 e. The van der Waals surface area contributed by atoms with E-state index in [-0.39, 0.29) is 52.2 Å². The number of aliphatic hydroxyl groups excluding tert-OH is 1. The van der Waals surface area contributed by atoms with Gasteiger partial charge in [-0.05, 0) is 26.2 Å². The molecule has 3 unspecified atom stereocenters. The Kier molecular flexibility index (Phi) is 5.66. The van der Waals surface area contributed by atoms with Crippen molar-refractivity contribution in [2.45, 2.75) is 55.1 Å². The molecule has 112 valence electrons. The molecular weight excluding hydrogens is 305 g/mol. The van der Waals surface area contributed by atoms with E-state index in [2.05, 4.69) is 0 Å². The van der Waals surface area contributed by atoms with Gasteiger partial charge < -0.3 is 24.6 Å². The summed E-state index contributed by atoms with van der Waals surface area (Å²) in [4.78, 5) is 24.8. The first-order valence-corrected chi connectivity index (χ1v) is 7.93. The Morgan fingerprint density at radius 3 is 2.86 bits per heavy atom. The first kappa shape index (κ1) is 17.6. The summed E-state index contributed by atoms with van der Waals surface area (Å²) in [5, 5.41) is 20.6. The molecule has 0 aliphatic carbocycles. The molecule has 21 heavy (non-hydrogen) atoms. The molecule has 1 amide bonds. The summed E-state index contributed by atoms with van der Waals surface area (Å²) >= 11 is 1.47. The van der Waals surface area contributed by atoms with Gasteiger partial charge in [-0.25, -0.2) is 0 Å². The van der Waals surface area contributed by atoms with Crippen LogP contribution in [0.3, 0.4) is 0 Å². The fraction of sp³-hybridized carbons (Fsp3) is 0.846. The number of carbonyl (C=O) groups excluding carboxylic acids is 2. The van der Waals surface area contributed by atoms with Crippen LogP contribution in [0.2, 0.25) is 0 Å². The molecule has 3 aliphatic rings. The largest absolute Gasteiger partial charge is 1.00 e. The Hall–Kier alpha value is 0.210. The summed E-state index contributed by atoms with van der Waals surface area (Å²) in [6.45, 7) is 2.29. The van der Waals surface area contributed by atoms with E-state index in [4.69, 9.17) is 4.74 Å². The number of amides is 1. The molecule has 0 aromatic carbocycles. The second-order valence-corrected chi connectivity index (χ2v) is 7.07. The molecule has 3 heterocycles. The summed E-state index contributed by atoms with van der Waals surface area (Å²) in [6.07, 6.45) is 1.89. The second kappa shape index (κ2) is 6.76. The Bertz CT molecular complexity index is 429. The van der Waals surface area contributed by atoms with E-state index < -0.39 is 24.0 Å². The Morgan fingerprint density at radius 2 is 2.33 bits per heavy atom. The van der Waals surface area contributed by atoms with Crippen LogP contribution in [-0.4, -0.2) is 57.4 Å². The molecule has 3 saturated heterocycles. The van der Waals surface area contributed by atoms with Gasteiger partial charge in [0.25, 0.3) is 0 Å². The zero-order chi connectivity index (χ0) is 14.4. The molecule has 0 bridgehead atoms. The van der Waals surface area contributed by atoms with Gasteiger partial charge in [-0.1, -0.05) is 0 Å². The van der Waals surface area contributed by atoms with E-state index >= 15 is 0 Å². The number of ether oxygens (including phenoxy) is 1. The number of carboxylic acids is 1. The fourth-order valence-corrected chi connectivity index (χ4v) is 5.33. The monoisotopic (exact) mass is 323 g/mol. The molecule has 6 nitrogen and oxygen atoms in total. The molecule has 0 saturated carbocycles. The third-order valence-electron chi connectivity index (χ3n) is 4.37. The summed E-state index contributed by atoms with van der Waals surface area (Å²) in [5.74, 6) is -1.97. The molecule has 0 spiro atoms. The SMILES string of the molecule is C[C@@H](O)[C@H]1C(=O)N2C(C(=O)[O-])C(CC3CCCO3)S[C@H]12.[Na+]. The Morgan fingerprint density at radius 1 is 1.62 bits per heavy atom. The van der Waals surface area contributed by atoms with E-state index in [1.54, 1.807) is 6.92 Å². The number of hydrogen-bond acceptors (Lipinski definition) is 6. The van der Waals surface area contributed by atoms with Crippen LogP contribution in [-0.2, 0) is 14.3 Å². The first-order valence-electron chi connectivity index (χ1n) is 6.99. The van der Waals surface area contributed by atoms with Gasteiger partial charge in [0.2, 0.25) is 5.91 Å². The van der Waals surface area contributed by atoms with Crippen molar-refractivity contribution in [3.8, 4) is 0 Å². The summed E-state index contributed by atoms with van der Waals surface area (Å²) in [6, 6.07) is -0.892. The van der Waals surface area contributed by atoms with Gasteiger partial charge in [0.1, 0.15) is 0 Å². The number of aliphatic carboxylic acids is 1. The van der Waals surface area contributed by atoms with Gasteiger partial charge in [-0.15, -0.1) is 11.8 Å². The molecule has 0 aromatic rings. The number of carbonyl (C=O) groups is 2. The number of aliphatic hydroxyl groups is 1. The van der Waals surface area contributed by atoms with Crippen molar-refractivity contribution in [1.82, 2.24) is 4.90 Å². The standard InChI is InChI=1S/C13H19NO5S.Na/c1-6(15)9-11(16)14-10(13(17)18)8(20-12(9)14)5-7-3-2-4-19-7;/h6-10,12,15H,2-5H2,1H3,(H,17,18);/q;+1/p-1/t6-,7?,8?,9+,10?,12-;/m1./s1. The number of fused-ring (bicyclic) bond motifs is 1. The van der Waals surface area contributed by atoms with Crippen LogP contribution in [0.1, 0.15) is 26.2 Å². The fourth-order valence-electron chi connectivity index (χ4n) is 3.37. The summed E-state index contributed by atoms with van der Waals surface area (Å²) < 4.78 is 5.56. The first-order chi connectivity index (χ1) is 9.50. The van der Waals surface area contributed by atoms with Gasteiger partial charge in [0.15, 0.2) is 0 Å². The topological polar surface area (TPSA) is 89.9 Å². The molecule has 8 heteroatoms. The van der Waals surface area contributed by atoms with Gasteiger partial charge in [-0.3, -0.25) is 4.79 Å². The quantitative estimate of drug-likeness (QED) is 0.418. The van der Waals surface area contributed by atoms with Crippen molar-refractivity contribution >= 4 is 23.6 Å². The van der Waals surface area contributed by atoms with E-state index in [1.165, 1.54) is 16.7 Å². The number of β-lactam (4-membered cyclic amide) rings is 1. The second-order valence-electron chi connectivity index (χ2n) is 5.71. The van der Waals surface area contributed by atoms with Crippen molar-refractivity contribution in [3.63, 3.8) is 0 Å². The zero-order valence-electron chi connectivity index (χ0n) is 12.2. The van der Waals surface area contributed by atoms with Crippen molar-refractivity contribution < 1.29 is 54.1 Å². The maximum atomic E-state index is 12.0. The Balaban J connectivity index is 0.00000161. The molecule has 3 rings (SSSR count). The van der Waals surface area contributed by atoms with Gasteiger partial charge in [-0.2, -0.15) is 0 Å². The predicted molar refractivity (Wildman–Crippen MR) is 69.6 cm³/mol. The molecule has 3 fully saturated rings. The number of rotatable bonds is 4. The molecule has 0 radical (unpaired) electrons. The summed E-state index contributed by atoms with van der Waals surface area (Å²) in [5.41, 5.74) is 0. The third-order valence-corrected chi connectivity index (χ3v) is 5.97. The van der Waals surface area contributed by atoms with Crippen LogP contribution in [0.4, 0.5) is 0 Å².